The number of hydrogen-bond acceptors (Lipinski definition) is 4. The van der Waals surface area contributed by atoms with Gasteiger partial charge in [-0.1, -0.05) is 12.1 Å². The van der Waals surface area contributed by atoms with Gasteiger partial charge in [-0.25, -0.2) is 9.37 Å². The highest BCUT2D eigenvalue weighted by atomic mass is 19.1. The monoisotopic (exact) mass is 406 g/mol. The number of halogens is 1. The van der Waals surface area contributed by atoms with Crippen LogP contribution in [0.5, 0.6) is 0 Å². The van der Waals surface area contributed by atoms with Crippen LogP contribution in [0.4, 0.5) is 10.1 Å². The number of nitrogens with zero attached hydrogens (tertiary/aromatic N) is 3. The number of anilines is 1. The summed E-state index contributed by atoms with van der Waals surface area (Å²) < 4.78 is 16.0. The van der Waals surface area contributed by atoms with Gasteiger partial charge in [0.15, 0.2) is 0 Å². The molecule has 2 heterocycles. The number of rotatable bonds is 6. The average Bonchev–Trinajstić information content (AvgIpc) is 3.25. The van der Waals surface area contributed by atoms with Crippen LogP contribution in [-0.4, -0.2) is 38.7 Å². The zero-order chi connectivity index (χ0) is 21.3. The first-order valence-electron chi connectivity index (χ1n) is 9.50. The maximum atomic E-state index is 14.4. The van der Waals surface area contributed by atoms with Gasteiger partial charge in [0, 0.05) is 31.0 Å². The van der Waals surface area contributed by atoms with E-state index in [0.717, 1.165) is 4.90 Å². The Labute approximate surface area is 172 Å². The molecule has 152 valence electrons. The van der Waals surface area contributed by atoms with E-state index in [1.54, 1.807) is 60.3 Å². The van der Waals surface area contributed by atoms with Gasteiger partial charge in [-0.2, -0.15) is 0 Å². The smallest absolute Gasteiger partial charge is 0.261 e. The number of aromatic nitrogens is 2. The molecule has 3 amide bonds. The molecule has 1 aromatic heterocycles. The van der Waals surface area contributed by atoms with Gasteiger partial charge in [-0.05, 0) is 43.7 Å². The predicted octanol–water partition coefficient (Wildman–Crippen LogP) is 3.33. The van der Waals surface area contributed by atoms with Crippen LogP contribution in [-0.2, 0) is 4.79 Å². The molecular weight excluding hydrogens is 387 g/mol. The molecule has 2 aromatic carbocycles. The van der Waals surface area contributed by atoms with Crippen molar-refractivity contribution in [3.8, 4) is 5.69 Å². The lowest BCUT2D eigenvalue weighted by Gasteiger charge is -2.13. The minimum atomic E-state index is -0.486. The van der Waals surface area contributed by atoms with E-state index >= 15 is 0 Å². The molecule has 1 aliphatic rings. The van der Waals surface area contributed by atoms with E-state index in [-0.39, 0.29) is 30.7 Å². The molecule has 0 aliphatic carbocycles. The van der Waals surface area contributed by atoms with Crippen molar-refractivity contribution in [2.75, 3.05) is 11.9 Å². The molecule has 0 unspecified atom stereocenters. The summed E-state index contributed by atoms with van der Waals surface area (Å²) in [7, 11) is 0. The highest BCUT2D eigenvalue weighted by Crippen LogP contribution is 2.23. The zero-order valence-corrected chi connectivity index (χ0v) is 16.3. The molecule has 0 atom stereocenters. The van der Waals surface area contributed by atoms with Crippen LogP contribution < -0.4 is 5.32 Å². The maximum Gasteiger partial charge on any atom is 0.261 e. The largest absolute Gasteiger partial charge is 0.326 e. The standard InChI is InChI=1S/C22H19FN4O3/c1-14-24-10-12-26(14)19-9-8-15(13-18(19)23)25-20(28)7-4-11-27-21(29)16-5-2-3-6-17(16)22(27)30/h2-3,5-6,8-10,12-13H,4,7,11H2,1H3,(H,25,28). The molecule has 0 saturated heterocycles. The number of carbonyl (C=O) groups is 3. The van der Waals surface area contributed by atoms with Crippen LogP contribution in [0.15, 0.2) is 54.9 Å². The number of carbonyl (C=O) groups excluding carboxylic acids is 3. The Morgan fingerprint density at radius 3 is 2.40 bits per heavy atom. The normalized spacial score (nSPS) is 12.9. The van der Waals surface area contributed by atoms with Gasteiger partial charge in [-0.15, -0.1) is 0 Å². The minimum Gasteiger partial charge on any atom is -0.326 e. The van der Waals surface area contributed by atoms with E-state index in [4.69, 9.17) is 0 Å². The van der Waals surface area contributed by atoms with Gasteiger partial charge in [0.2, 0.25) is 5.91 Å². The van der Waals surface area contributed by atoms with Crippen molar-refractivity contribution >= 4 is 23.4 Å². The van der Waals surface area contributed by atoms with Crippen molar-refractivity contribution in [3.05, 3.63) is 77.6 Å². The number of imide groups is 1. The fraction of sp³-hybridized carbons (Fsp3) is 0.182. The maximum absolute atomic E-state index is 14.4. The second-order valence-corrected chi connectivity index (χ2v) is 6.97. The number of hydrogen-bond donors (Lipinski definition) is 1. The SMILES string of the molecule is Cc1nccn1-c1ccc(NC(=O)CCCN2C(=O)c3ccccc3C2=O)cc1F. The third kappa shape index (κ3) is 3.59. The molecule has 0 bridgehead atoms. The molecule has 0 radical (unpaired) electrons. The molecule has 4 rings (SSSR count). The lowest BCUT2D eigenvalue weighted by Crippen LogP contribution is -2.31. The highest BCUT2D eigenvalue weighted by Gasteiger charge is 2.34. The summed E-state index contributed by atoms with van der Waals surface area (Å²) in [5.74, 6) is -0.844. The lowest BCUT2D eigenvalue weighted by molar-refractivity contribution is -0.116. The van der Waals surface area contributed by atoms with Crippen molar-refractivity contribution in [3.63, 3.8) is 0 Å². The van der Waals surface area contributed by atoms with Crippen LogP contribution in [0.1, 0.15) is 39.4 Å². The van der Waals surface area contributed by atoms with E-state index in [0.29, 0.717) is 34.7 Å². The van der Waals surface area contributed by atoms with E-state index in [1.165, 1.54) is 6.07 Å². The fourth-order valence-electron chi connectivity index (χ4n) is 3.48. The summed E-state index contributed by atoms with van der Waals surface area (Å²) in [5.41, 5.74) is 1.44. The van der Waals surface area contributed by atoms with Crippen LogP contribution in [0, 0.1) is 12.7 Å². The molecule has 3 aromatic rings. The summed E-state index contributed by atoms with van der Waals surface area (Å²) in [4.78, 5) is 42.1. The topological polar surface area (TPSA) is 84.3 Å². The third-order valence-corrected chi connectivity index (χ3v) is 4.98. The van der Waals surface area contributed by atoms with Crippen LogP contribution >= 0.6 is 0 Å². The Bertz CT molecular complexity index is 1120. The molecule has 1 aliphatic heterocycles. The summed E-state index contributed by atoms with van der Waals surface area (Å²) in [5, 5.41) is 2.64. The highest BCUT2D eigenvalue weighted by molar-refractivity contribution is 6.21. The Hall–Kier alpha value is -3.81. The fourth-order valence-corrected chi connectivity index (χ4v) is 3.48. The molecule has 0 fully saturated rings. The van der Waals surface area contributed by atoms with E-state index in [1.807, 2.05) is 0 Å². The summed E-state index contributed by atoms with van der Waals surface area (Å²) in [6, 6.07) is 11.1. The Kier molecular flexibility index (Phi) is 5.14. The first-order valence-corrected chi connectivity index (χ1v) is 9.50. The average molecular weight is 406 g/mol. The molecule has 1 N–H and O–H groups in total. The second-order valence-electron chi connectivity index (χ2n) is 6.97. The summed E-state index contributed by atoms with van der Waals surface area (Å²) in [6.07, 6.45) is 3.65. The quantitative estimate of drug-likeness (QED) is 0.637. The Morgan fingerprint density at radius 2 is 1.80 bits per heavy atom. The number of nitrogens with one attached hydrogen (secondary N) is 1. The van der Waals surface area contributed by atoms with Crippen molar-refractivity contribution in [2.45, 2.75) is 19.8 Å². The first-order chi connectivity index (χ1) is 14.5. The molecule has 8 heteroatoms. The summed E-state index contributed by atoms with van der Waals surface area (Å²) >= 11 is 0. The molecule has 0 spiro atoms. The molecular formula is C22H19FN4O3. The van der Waals surface area contributed by atoms with Gasteiger partial charge in [0.25, 0.3) is 11.8 Å². The van der Waals surface area contributed by atoms with Crippen molar-refractivity contribution in [2.24, 2.45) is 0 Å². The molecule has 30 heavy (non-hydrogen) atoms. The number of benzene rings is 2. The first kappa shape index (κ1) is 19.5. The number of fused-ring (bicyclic) bond motifs is 1. The van der Waals surface area contributed by atoms with Gasteiger partial charge < -0.3 is 9.88 Å². The predicted molar refractivity (Wildman–Crippen MR) is 108 cm³/mol. The molecule has 0 saturated carbocycles. The second kappa shape index (κ2) is 7.90. The van der Waals surface area contributed by atoms with E-state index < -0.39 is 5.82 Å². The number of imidazole rings is 1. The Balaban J connectivity index is 1.33. The van der Waals surface area contributed by atoms with Gasteiger partial charge >= 0.3 is 0 Å². The Morgan fingerprint density at radius 1 is 1.10 bits per heavy atom. The van der Waals surface area contributed by atoms with Crippen LogP contribution in [0.25, 0.3) is 5.69 Å². The van der Waals surface area contributed by atoms with Crippen LogP contribution in [0.2, 0.25) is 0 Å². The summed E-state index contributed by atoms with van der Waals surface area (Å²) in [6.45, 7) is 1.91. The minimum absolute atomic E-state index is 0.0946. The van der Waals surface area contributed by atoms with Crippen molar-refractivity contribution < 1.29 is 18.8 Å². The lowest BCUT2D eigenvalue weighted by atomic mass is 10.1. The van der Waals surface area contributed by atoms with Crippen molar-refractivity contribution in [1.82, 2.24) is 14.5 Å². The zero-order valence-electron chi connectivity index (χ0n) is 16.3. The van der Waals surface area contributed by atoms with E-state index in [2.05, 4.69) is 10.3 Å². The van der Waals surface area contributed by atoms with Gasteiger partial charge in [0.05, 0.1) is 16.8 Å². The van der Waals surface area contributed by atoms with Gasteiger partial charge in [0.1, 0.15) is 11.6 Å². The number of amides is 3. The van der Waals surface area contributed by atoms with Gasteiger partial charge in [-0.3, -0.25) is 19.3 Å². The van der Waals surface area contributed by atoms with Crippen LogP contribution in [0.3, 0.4) is 0 Å². The van der Waals surface area contributed by atoms with E-state index in [9.17, 15) is 18.8 Å². The molecule has 7 nitrogen and oxygen atoms in total. The number of aryl methyl sites for hydroxylation is 1. The third-order valence-electron chi connectivity index (χ3n) is 4.98. The van der Waals surface area contributed by atoms with Crippen molar-refractivity contribution in [1.29, 1.82) is 0 Å².